The van der Waals surface area contributed by atoms with Gasteiger partial charge in [0.25, 0.3) is 10.0 Å². The third kappa shape index (κ3) is 1.80. The van der Waals surface area contributed by atoms with Crippen LogP contribution in [0.1, 0.15) is 10.4 Å². The van der Waals surface area contributed by atoms with E-state index in [9.17, 15) is 8.42 Å². The number of fused-ring (bicyclic) bond motifs is 1. The number of nitrogens with one attached hydrogen (secondary N) is 1. The van der Waals surface area contributed by atoms with Gasteiger partial charge in [0, 0.05) is 18.0 Å². The SMILES string of the molecule is O=S(=O)(c1ccn[nH]1)N1CCc2sccc2C1. The lowest BCUT2D eigenvalue weighted by Crippen LogP contribution is -2.35. The fraction of sp³-hybridized carbons (Fsp3) is 0.300. The highest BCUT2D eigenvalue weighted by Gasteiger charge is 2.29. The van der Waals surface area contributed by atoms with Gasteiger partial charge in [-0.25, -0.2) is 8.42 Å². The lowest BCUT2D eigenvalue weighted by molar-refractivity contribution is 0.392. The largest absolute Gasteiger partial charge is 0.266 e. The Bertz CT molecular complexity index is 616. The zero-order chi connectivity index (χ0) is 11.9. The highest BCUT2D eigenvalue weighted by atomic mass is 32.2. The monoisotopic (exact) mass is 269 g/mol. The van der Waals surface area contributed by atoms with E-state index in [1.807, 2.05) is 11.4 Å². The number of hydrogen-bond donors (Lipinski definition) is 1. The third-order valence-electron chi connectivity index (χ3n) is 2.87. The Balaban J connectivity index is 1.93. The number of hydrogen-bond acceptors (Lipinski definition) is 4. The highest BCUT2D eigenvalue weighted by Crippen LogP contribution is 2.27. The van der Waals surface area contributed by atoms with Crippen LogP contribution >= 0.6 is 11.3 Å². The van der Waals surface area contributed by atoms with Crippen molar-refractivity contribution < 1.29 is 8.42 Å². The molecule has 7 heteroatoms. The molecule has 3 heterocycles. The molecule has 2 aromatic rings. The van der Waals surface area contributed by atoms with Crippen LogP contribution in [0.25, 0.3) is 0 Å². The summed E-state index contributed by atoms with van der Waals surface area (Å²) in [5, 5.41) is 8.38. The molecule has 0 bridgehead atoms. The van der Waals surface area contributed by atoms with E-state index in [1.54, 1.807) is 11.3 Å². The maximum Gasteiger partial charge on any atom is 0.260 e. The van der Waals surface area contributed by atoms with Gasteiger partial charge >= 0.3 is 0 Å². The molecular weight excluding hydrogens is 258 g/mol. The number of sulfonamides is 1. The van der Waals surface area contributed by atoms with Crippen LogP contribution in [0.4, 0.5) is 0 Å². The maximum atomic E-state index is 12.2. The zero-order valence-corrected chi connectivity index (χ0v) is 10.6. The van der Waals surface area contributed by atoms with Crippen molar-refractivity contribution >= 4 is 21.4 Å². The van der Waals surface area contributed by atoms with Crippen molar-refractivity contribution in [2.45, 2.75) is 18.0 Å². The molecule has 0 saturated carbocycles. The molecule has 17 heavy (non-hydrogen) atoms. The molecule has 5 nitrogen and oxygen atoms in total. The minimum Gasteiger partial charge on any atom is -0.266 e. The smallest absolute Gasteiger partial charge is 0.260 e. The van der Waals surface area contributed by atoms with E-state index in [1.165, 1.54) is 21.4 Å². The molecule has 0 aromatic carbocycles. The number of nitrogens with zero attached hydrogens (tertiary/aromatic N) is 2. The van der Waals surface area contributed by atoms with Gasteiger partial charge in [-0.15, -0.1) is 11.3 Å². The van der Waals surface area contributed by atoms with E-state index < -0.39 is 10.0 Å². The molecule has 3 rings (SSSR count). The standard InChI is InChI=1S/C10H11N3O2S2/c14-17(15,10-1-4-11-12-10)13-5-2-9-8(7-13)3-6-16-9/h1,3-4,6H,2,5,7H2,(H,11,12). The van der Waals surface area contributed by atoms with Crippen molar-refractivity contribution in [1.82, 2.24) is 14.5 Å². The van der Waals surface area contributed by atoms with Crippen molar-refractivity contribution in [3.8, 4) is 0 Å². The normalized spacial score (nSPS) is 16.9. The molecule has 1 aliphatic heterocycles. The summed E-state index contributed by atoms with van der Waals surface area (Å²) in [5.74, 6) is 0. The summed E-state index contributed by atoms with van der Waals surface area (Å²) in [4.78, 5) is 1.29. The number of rotatable bonds is 2. The molecule has 2 aromatic heterocycles. The lowest BCUT2D eigenvalue weighted by atomic mass is 10.1. The number of aromatic amines is 1. The van der Waals surface area contributed by atoms with E-state index >= 15 is 0 Å². The van der Waals surface area contributed by atoms with Crippen LogP contribution in [0, 0.1) is 0 Å². The molecule has 0 radical (unpaired) electrons. The van der Waals surface area contributed by atoms with Gasteiger partial charge in [0.15, 0.2) is 5.03 Å². The Kier molecular flexibility index (Phi) is 2.53. The maximum absolute atomic E-state index is 12.2. The molecule has 0 aliphatic carbocycles. The zero-order valence-electron chi connectivity index (χ0n) is 8.96. The summed E-state index contributed by atoms with van der Waals surface area (Å²) in [5.41, 5.74) is 1.12. The average molecular weight is 269 g/mol. The Morgan fingerprint density at radius 3 is 3.06 bits per heavy atom. The van der Waals surface area contributed by atoms with Gasteiger partial charge in [0.1, 0.15) is 0 Å². The van der Waals surface area contributed by atoms with Crippen LogP contribution in [-0.4, -0.2) is 29.5 Å². The number of thiophene rings is 1. The topological polar surface area (TPSA) is 66.1 Å². The van der Waals surface area contributed by atoms with Gasteiger partial charge in [-0.05, 0) is 29.5 Å². The predicted octanol–water partition coefficient (Wildman–Crippen LogP) is 1.22. The molecule has 0 unspecified atom stereocenters. The molecule has 0 saturated heterocycles. The van der Waals surface area contributed by atoms with E-state index in [2.05, 4.69) is 10.2 Å². The Hall–Kier alpha value is -1.18. The summed E-state index contributed by atoms with van der Waals surface area (Å²) in [6, 6.07) is 3.48. The average Bonchev–Trinajstić information content (AvgIpc) is 2.99. The van der Waals surface area contributed by atoms with Gasteiger partial charge in [0.05, 0.1) is 6.20 Å². The molecule has 1 N–H and O–H groups in total. The summed E-state index contributed by atoms with van der Waals surface area (Å²) >= 11 is 1.69. The number of aromatic nitrogens is 2. The third-order valence-corrected chi connectivity index (χ3v) is 5.66. The first-order chi connectivity index (χ1) is 8.18. The van der Waals surface area contributed by atoms with Crippen LogP contribution in [0.3, 0.4) is 0 Å². The van der Waals surface area contributed by atoms with Gasteiger partial charge < -0.3 is 0 Å². The summed E-state index contributed by atoms with van der Waals surface area (Å²) in [6.45, 7) is 0.995. The first-order valence-electron chi connectivity index (χ1n) is 5.23. The lowest BCUT2D eigenvalue weighted by Gasteiger charge is -2.25. The summed E-state index contributed by atoms with van der Waals surface area (Å²) in [6.07, 6.45) is 2.24. The predicted molar refractivity (Wildman–Crippen MR) is 64.2 cm³/mol. The second-order valence-corrected chi connectivity index (χ2v) is 6.79. The van der Waals surface area contributed by atoms with Crippen molar-refractivity contribution in [3.05, 3.63) is 34.2 Å². The van der Waals surface area contributed by atoms with Crippen LogP contribution in [-0.2, 0) is 23.0 Å². The van der Waals surface area contributed by atoms with Crippen LogP contribution in [0.5, 0.6) is 0 Å². The molecule has 1 aliphatic rings. The molecule has 0 amide bonds. The summed E-state index contributed by atoms with van der Waals surface area (Å²) < 4.78 is 26.0. The molecular formula is C10H11N3O2S2. The van der Waals surface area contributed by atoms with E-state index in [4.69, 9.17) is 0 Å². The van der Waals surface area contributed by atoms with Crippen molar-refractivity contribution in [3.63, 3.8) is 0 Å². The highest BCUT2D eigenvalue weighted by molar-refractivity contribution is 7.89. The molecule has 0 spiro atoms. The Morgan fingerprint density at radius 1 is 1.41 bits per heavy atom. The van der Waals surface area contributed by atoms with Crippen molar-refractivity contribution in [2.75, 3.05) is 6.54 Å². The fourth-order valence-corrected chi connectivity index (χ4v) is 4.16. The van der Waals surface area contributed by atoms with Crippen LogP contribution in [0.2, 0.25) is 0 Å². The van der Waals surface area contributed by atoms with Gasteiger partial charge in [-0.3, -0.25) is 5.10 Å². The van der Waals surface area contributed by atoms with Crippen molar-refractivity contribution in [2.24, 2.45) is 0 Å². The molecule has 0 fully saturated rings. The summed E-state index contributed by atoms with van der Waals surface area (Å²) in [7, 11) is -3.42. The first kappa shape index (κ1) is 10.9. The van der Waals surface area contributed by atoms with E-state index in [-0.39, 0.29) is 5.03 Å². The molecule has 90 valence electrons. The van der Waals surface area contributed by atoms with Crippen LogP contribution < -0.4 is 0 Å². The minimum atomic E-state index is -3.42. The van der Waals surface area contributed by atoms with Crippen LogP contribution in [0.15, 0.2) is 28.7 Å². The second-order valence-electron chi connectivity index (χ2n) is 3.88. The second kappa shape index (κ2) is 3.94. The van der Waals surface area contributed by atoms with E-state index in [0.717, 1.165) is 12.0 Å². The van der Waals surface area contributed by atoms with Gasteiger partial charge in [0.2, 0.25) is 0 Å². The van der Waals surface area contributed by atoms with E-state index in [0.29, 0.717) is 13.1 Å². The van der Waals surface area contributed by atoms with Crippen molar-refractivity contribution in [1.29, 1.82) is 0 Å². The minimum absolute atomic E-state index is 0.163. The Labute approximate surface area is 103 Å². The first-order valence-corrected chi connectivity index (χ1v) is 7.54. The quantitative estimate of drug-likeness (QED) is 0.891. The number of H-pyrrole nitrogens is 1. The molecule has 0 atom stereocenters. The van der Waals surface area contributed by atoms with Gasteiger partial charge in [-0.2, -0.15) is 9.40 Å². The fourth-order valence-electron chi connectivity index (χ4n) is 1.95. The van der Waals surface area contributed by atoms with Gasteiger partial charge in [-0.1, -0.05) is 0 Å². The Morgan fingerprint density at radius 2 is 2.29 bits per heavy atom.